The molecular weight excluding hydrogens is 334 g/mol. The first-order valence-electron chi connectivity index (χ1n) is 8.81. The molecule has 0 heterocycles. The van der Waals surface area contributed by atoms with Crippen LogP contribution in [0.3, 0.4) is 0 Å². The second-order valence-electron chi connectivity index (χ2n) is 6.52. The van der Waals surface area contributed by atoms with Gasteiger partial charge < -0.3 is 10.0 Å². The highest BCUT2D eigenvalue weighted by Crippen LogP contribution is 2.38. The number of carboxylic acid groups (broad SMARTS) is 1. The molecule has 1 N–H and O–H groups in total. The zero-order valence-corrected chi connectivity index (χ0v) is 15.0. The van der Waals surface area contributed by atoms with Crippen molar-refractivity contribution in [2.45, 2.75) is 6.92 Å². The number of benzene rings is 4. The maximum Gasteiger partial charge on any atom is 0.335 e. The van der Waals surface area contributed by atoms with Gasteiger partial charge >= 0.3 is 5.97 Å². The van der Waals surface area contributed by atoms with Crippen molar-refractivity contribution in [2.75, 3.05) is 4.90 Å². The van der Waals surface area contributed by atoms with E-state index in [0.29, 0.717) is 0 Å². The van der Waals surface area contributed by atoms with Crippen molar-refractivity contribution >= 4 is 33.8 Å². The standard InChI is InChI=1S/C24H19NO2/c1-17-6-4-9-21(16-17)25(20-14-12-19(13-15-20)24(26)27)23-11-5-8-18-7-2-3-10-22(18)23/h2-16H,1H3,(H,26,27). The topological polar surface area (TPSA) is 40.5 Å². The van der Waals surface area contributed by atoms with Gasteiger partial charge in [0.25, 0.3) is 0 Å². The maximum absolute atomic E-state index is 11.2. The third-order valence-electron chi connectivity index (χ3n) is 4.64. The predicted octanol–water partition coefficient (Wildman–Crippen LogP) is 6.32. The van der Waals surface area contributed by atoms with E-state index in [1.165, 1.54) is 5.56 Å². The Morgan fingerprint density at radius 3 is 2.22 bits per heavy atom. The molecule has 0 bridgehead atoms. The number of anilines is 3. The third kappa shape index (κ3) is 3.27. The van der Waals surface area contributed by atoms with Crippen LogP contribution in [0, 0.1) is 6.92 Å². The molecule has 0 aliphatic heterocycles. The Bertz CT molecular complexity index is 1110. The molecule has 0 radical (unpaired) electrons. The highest BCUT2D eigenvalue weighted by Gasteiger charge is 2.15. The number of fused-ring (bicyclic) bond motifs is 1. The molecule has 0 saturated carbocycles. The molecule has 0 aromatic heterocycles. The molecule has 0 spiro atoms. The van der Waals surface area contributed by atoms with Crippen LogP contribution in [0.25, 0.3) is 10.8 Å². The van der Waals surface area contributed by atoms with Crippen molar-refractivity contribution in [2.24, 2.45) is 0 Å². The number of hydrogen-bond donors (Lipinski definition) is 1. The van der Waals surface area contributed by atoms with E-state index in [9.17, 15) is 9.90 Å². The lowest BCUT2D eigenvalue weighted by molar-refractivity contribution is 0.0697. The smallest absolute Gasteiger partial charge is 0.335 e. The minimum absolute atomic E-state index is 0.279. The minimum Gasteiger partial charge on any atom is -0.478 e. The van der Waals surface area contributed by atoms with Crippen molar-refractivity contribution in [3.8, 4) is 0 Å². The summed E-state index contributed by atoms with van der Waals surface area (Å²) >= 11 is 0. The van der Waals surface area contributed by atoms with E-state index in [4.69, 9.17) is 0 Å². The highest BCUT2D eigenvalue weighted by molar-refractivity contribution is 5.99. The third-order valence-corrected chi connectivity index (χ3v) is 4.64. The Morgan fingerprint density at radius 2 is 1.48 bits per heavy atom. The molecule has 0 unspecified atom stereocenters. The second-order valence-corrected chi connectivity index (χ2v) is 6.52. The molecule has 4 aromatic carbocycles. The Kier molecular flexibility index (Phi) is 4.35. The van der Waals surface area contributed by atoms with E-state index in [1.807, 2.05) is 36.4 Å². The Balaban J connectivity index is 1.94. The summed E-state index contributed by atoms with van der Waals surface area (Å²) in [5.41, 5.74) is 4.46. The van der Waals surface area contributed by atoms with Gasteiger partial charge in [-0.25, -0.2) is 4.79 Å². The van der Waals surface area contributed by atoms with Gasteiger partial charge in [0, 0.05) is 16.8 Å². The van der Waals surface area contributed by atoms with Crippen molar-refractivity contribution in [3.63, 3.8) is 0 Å². The summed E-state index contributed by atoms with van der Waals surface area (Å²) in [4.78, 5) is 13.4. The van der Waals surface area contributed by atoms with Gasteiger partial charge in [-0.15, -0.1) is 0 Å². The zero-order chi connectivity index (χ0) is 18.8. The monoisotopic (exact) mass is 353 g/mol. The lowest BCUT2D eigenvalue weighted by Crippen LogP contribution is -2.11. The summed E-state index contributed by atoms with van der Waals surface area (Å²) in [5, 5.41) is 11.5. The first-order chi connectivity index (χ1) is 13.1. The Hall–Kier alpha value is -3.59. The number of nitrogens with zero attached hydrogens (tertiary/aromatic N) is 1. The van der Waals surface area contributed by atoms with Crippen LogP contribution < -0.4 is 4.90 Å². The van der Waals surface area contributed by atoms with Crippen LogP contribution in [0.5, 0.6) is 0 Å². The van der Waals surface area contributed by atoms with Gasteiger partial charge in [0.15, 0.2) is 0 Å². The number of rotatable bonds is 4. The summed E-state index contributed by atoms with van der Waals surface area (Å²) in [6, 6.07) is 29.8. The lowest BCUT2D eigenvalue weighted by Gasteiger charge is -2.27. The van der Waals surface area contributed by atoms with E-state index in [2.05, 4.69) is 54.3 Å². The zero-order valence-electron chi connectivity index (χ0n) is 15.0. The lowest BCUT2D eigenvalue weighted by atomic mass is 10.1. The van der Waals surface area contributed by atoms with Crippen LogP contribution >= 0.6 is 0 Å². The molecule has 4 rings (SSSR count). The summed E-state index contributed by atoms with van der Waals surface area (Å²) in [7, 11) is 0. The normalized spacial score (nSPS) is 10.7. The van der Waals surface area contributed by atoms with Crippen LogP contribution in [-0.4, -0.2) is 11.1 Å². The van der Waals surface area contributed by atoms with Crippen molar-refractivity contribution in [3.05, 3.63) is 102 Å². The van der Waals surface area contributed by atoms with Crippen LogP contribution in [0.1, 0.15) is 15.9 Å². The van der Waals surface area contributed by atoms with Crippen LogP contribution in [0.2, 0.25) is 0 Å². The number of aromatic carboxylic acids is 1. The molecule has 0 fully saturated rings. The number of carboxylic acids is 1. The Labute approximate surface area is 158 Å². The van der Waals surface area contributed by atoms with Gasteiger partial charge in [0.1, 0.15) is 0 Å². The molecule has 27 heavy (non-hydrogen) atoms. The van der Waals surface area contributed by atoms with E-state index in [1.54, 1.807) is 12.1 Å². The number of hydrogen-bond acceptors (Lipinski definition) is 2. The van der Waals surface area contributed by atoms with Crippen LogP contribution in [-0.2, 0) is 0 Å². The molecule has 4 aromatic rings. The van der Waals surface area contributed by atoms with E-state index < -0.39 is 5.97 Å². The number of carbonyl (C=O) groups is 1. The van der Waals surface area contributed by atoms with E-state index in [0.717, 1.165) is 27.8 Å². The van der Waals surface area contributed by atoms with Crippen molar-refractivity contribution < 1.29 is 9.90 Å². The van der Waals surface area contributed by atoms with Gasteiger partial charge in [-0.05, 0) is 60.3 Å². The summed E-state index contributed by atoms with van der Waals surface area (Å²) in [5.74, 6) is -0.922. The second kappa shape index (κ2) is 6.96. The highest BCUT2D eigenvalue weighted by atomic mass is 16.4. The van der Waals surface area contributed by atoms with Gasteiger partial charge in [0.2, 0.25) is 0 Å². The van der Waals surface area contributed by atoms with Gasteiger partial charge in [-0.2, -0.15) is 0 Å². The summed E-state index contributed by atoms with van der Waals surface area (Å²) < 4.78 is 0. The average Bonchev–Trinajstić information content (AvgIpc) is 2.69. The Morgan fingerprint density at radius 1 is 0.778 bits per heavy atom. The molecule has 0 aliphatic rings. The van der Waals surface area contributed by atoms with Gasteiger partial charge in [-0.1, -0.05) is 48.5 Å². The average molecular weight is 353 g/mol. The van der Waals surface area contributed by atoms with Crippen LogP contribution in [0.15, 0.2) is 91.0 Å². The summed E-state index contributed by atoms with van der Waals surface area (Å²) in [6.07, 6.45) is 0. The largest absolute Gasteiger partial charge is 0.478 e. The first kappa shape index (κ1) is 16.9. The predicted molar refractivity (Wildman–Crippen MR) is 110 cm³/mol. The van der Waals surface area contributed by atoms with Crippen LogP contribution in [0.4, 0.5) is 17.1 Å². The van der Waals surface area contributed by atoms with E-state index in [-0.39, 0.29) is 5.56 Å². The molecule has 132 valence electrons. The van der Waals surface area contributed by atoms with Crippen molar-refractivity contribution in [1.29, 1.82) is 0 Å². The van der Waals surface area contributed by atoms with Gasteiger partial charge in [0.05, 0.1) is 11.3 Å². The minimum atomic E-state index is -0.922. The molecular formula is C24H19NO2. The fourth-order valence-electron chi connectivity index (χ4n) is 3.35. The maximum atomic E-state index is 11.2. The first-order valence-corrected chi connectivity index (χ1v) is 8.81. The quantitative estimate of drug-likeness (QED) is 0.467. The molecule has 0 aliphatic carbocycles. The summed E-state index contributed by atoms with van der Waals surface area (Å²) in [6.45, 7) is 2.07. The van der Waals surface area contributed by atoms with Crippen molar-refractivity contribution in [1.82, 2.24) is 0 Å². The molecule has 3 nitrogen and oxygen atoms in total. The number of aryl methyl sites for hydroxylation is 1. The molecule has 3 heteroatoms. The SMILES string of the molecule is Cc1cccc(N(c2ccc(C(=O)O)cc2)c2cccc3ccccc23)c1. The van der Waals surface area contributed by atoms with Gasteiger partial charge in [-0.3, -0.25) is 0 Å². The molecule has 0 atom stereocenters. The molecule has 0 amide bonds. The van der Waals surface area contributed by atoms with E-state index >= 15 is 0 Å². The fraction of sp³-hybridized carbons (Fsp3) is 0.0417. The molecule has 0 saturated heterocycles. The fourth-order valence-corrected chi connectivity index (χ4v) is 3.35.